The van der Waals surface area contributed by atoms with Crippen molar-refractivity contribution in [2.45, 2.75) is 69.6 Å². The summed E-state index contributed by atoms with van der Waals surface area (Å²) in [6, 6.07) is 8.53. The van der Waals surface area contributed by atoms with Gasteiger partial charge in [0.15, 0.2) is 0 Å². The average molecular weight is 662 g/mol. The number of terminal acetylenes is 1. The zero-order chi connectivity index (χ0) is 34.1. The van der Waals surface area contributed by atoms with Gasteiger partial charge in [-0.3, -0.25) is 9.69 Å². The molecule has 252 valence electrons. The van der Waals surface area contributed by atoms with Crippen LogP contribution in [0.1, 0.15) is 55.8 Å². The molecule has 1 N–H and O–H groups in total. The second kappa shape index (κ2) is 11.6. The lowest BCUT2D eigenvalue weighted by Crippen LogP contribution is -2.58. The van der Waals surface area contributed by atoms with Crippen molar-refractivity contribution in [2.75, 3.05) is 49.1 Å². The highest BCUT2D eigenvalue weighted by Crippen LogP contribution is 2.46. The van der Waals surface area contributed by atoms with E-state index in [-0.39, 0.29) is 34.8 Å². The van der Waals surface area contributed by atoms with Gasteiger partial charge in [0, 0.05) is 42.3 Å². The van der Waals surface area contributed by atoms with E-state index in [1.165, 1.54) is 12.1 Å². The fourth-order valence-electron chi connectivity index (χ4n) is 9.37. The monoisotopic (exact) mass is 661 g/mol. The van der Waals surface area contributed by atoms with Crippen molar-refractivity contribution in [2.24, 2.45) is 5.41 Å². The van der Waals surface area contributed by atoms with E-state index in [0.29, 0.717) is 68.1 Å². The van der Waals surface area contributed by atoms with E-state index in [0.717, 1.165) is 55.8 Å². The van der Waals surface area contributed by atoms with Crippen molar-refractivity contribution in [3.8, 4) is 30.2 Å². The van der Waals surface area contributed by atoms with Gasteiger partial charge in [-0.15, -0.1) is 6.42 Å². The molecule has 49 heavy (non-hydrogen) atoms. The lowest BCUT2D eigenvalue weighted by Gasteiger charge is -2.43. The molecule has 5 aliphatic rings. The van der Waals surface area contributed by atoms with E-state index in [1.807, 2.05) is 11.8 Å². The Balaban J connectivity index is 1.19. The first-order valence-electron chi connectivity index (χ1n) is 17.2. The molecule has 2 aromatic carbocycles. The number of piperazine rings is 1. The summed E-state index contributed by atoms with van der Waals surface area (Å²) in [6.07, 6.45) is 12.8. The smallest absolute Gasteiger partial charge is 0.318 e. The van der Waals surface area contributed by atoms with E-state index >= 15 is 0 Å². The number of nitrogens with zero attached hydrogens (tertiary/aromatic N) is 7. The van der Waals surface area contributed by atoms with Gasteiger partial charge >= 0.3 is 6.01 Å². The summed E-state index contributed by atoms with van der Waals surface area (Å²) in [4.78, 5) is 31.7. The third-order valence-corrected chi connectivity index (χ3v) is 11.8. The van der Waals surface area contributed by atoms with Crippen molar-refractivity contribution in [1.82, 2.24) is 19.8 Å². The fraction of sp³-hybridized carbons (Fsp3) is 0.474. The molecule has 1 amide bonds. The number of benzene rings is 2. The number of phenols is 1. The minimum atomic E-state index is -0.699. The molecule has 11 heteroatoms. The predicted molar refractivity (Wildman–Crippen MR) is 184 cm³/mol. The van der Waals surface area contributed by atoms with Crippen LogP contribution in [-0.2, 0) is 17.8 Å². The molecule has 4 fully saturated rings. The SMILES string of the molecule is C#Cc1c(F)ccc2cc(O)cc(N3CCc4c(nc(OCC56CCCN5CCC6)nc4N4C[C@@H]5CC(C)(C#N)[C@H](C4)N5C(=O)C=C)C3)c12. The second-order valence-corrected chi connectivity index (χ2v) is 14.5. The largest absolute Gasteiger partial charge is 0.508 e. The fourth-order valence-corrected chi connectivity index (χ4v) is 9.37. The predicted octanol–water partition coefficient (Wildman–Crippen LogP) is 4.53. The Labute approximate surface area is 285 Å². The van der Waals surface area contributed by atoms with Gasteiger partial charge in [-0.2, -0.15) is 15.2 Å². The molecular weight excluding hydrogens is 621 g/mol. The van der Waals surface area contributed by atoms with Gasteiger partial charge in [-0.25, -0.2) is 4.39 Å². The van der Waals surface area contributed by atoms with Crippen LogP contribution in [0.25, 0.3) is 10.8 Å². The summed E-state index contributed by atoms with van der Waals surface area (Å²) in [5.74, 6) is 2.72. The minimum absolute atomic E-state index is 0.00598. The van der Waals surface area contributed by atoms with E-state index in [1.54, 1.807) is 18.2 Å². The molecule has 10 nitrogen and oxygen atoms in total. The van der Waals surface area contributed by atoms with E-state index in [9.17, 15) is 19.6 Å². The summed E-state index contributed by atoms with van der Waals surface area (Å²) in [7, 11) is 0. The van der Waals surface area contributed by atoms with Crippen LogP contribution in [0, 0.1) is 34.9 Å². The number of anilines is 2. The number of hydrogen-bond donors (Lipinski definition) is 1. The molecule has 5 aliphatic heterocycles. The second-order valence-electron chi connectivity index (χ2n) is 14.5. The van der Waals surface area contributed by atoms with Crippen LogP contribution in [0.3, 0.4) is 0 Å². The lowest BCUT2D eigenvalue weighted by atomic mass is 9.83. The first kappa shape index (κ1) is 31.4. The van der Waals surface area contributed by atoms with Crippen molar-refractivity contribution in [1.29, 1.82) is 5.26 Å². The first-order chi connectivity index (χ1) is 23.7. The Morgan fingerprint density at radius 3 is 2.73 bits per heavy atom. The number of ether oxygens (including phenoxy) is 1. The molecule has 2 bridgehead atoms. The van der Waals surface area contributed by atoms with Gasteiger partial charge in [0.2, 0.25) is 5.91 Å². The van der Waals surface area contributed by atoms with Crippen molar-refractivity contribution in [3.05, 3.63) is 59.6 Å². The van der Waals surface area contributed by atoms with Crippen molar-refractivity contribution < 1.29 is 19.0 Å². The summed E-state index contributed by atoms with van der Waals surface area (Å²) < 4.78 is 21.5. The van der Waals surface area contributed by atoms with Crippen molar-refractivity contribution in [3.63, 3.8) is 0 Å². The Hall–Kier alpha value is -4.87. The molecule has 0 radical (unpaired) electrons. The third-order valence-electron chi connectivity index (χ3n) is 11.8. The Morgan fingerprint density at radius 1 is 1.20 bits per heavy atom. The van der Waals surface area contributed by atoms with Crippen LogP contribution < -0.4 is 14.5 Å². The summed E-state index contributed by atoms with van der Waals surface area (Å²) in [6.45, 7) is 10.2. The number of halogens is 1. The molecule has 6 heterocycles. The van der Waals surface area contributed by atoms with Gasteiger partial charge < -0.3 is 24.5 Å². The zero-order valence-corrected chi connectivity index (χ0v) is 27.8. The molecule has 0 saturated carbocycles. The van der Waals surface area contributed by atoms with E-state index in [2.05, 4.69) is 33.3 Å². The highest BCUT2D eigenvalue weighted by atomic mass is 19.1. The molecule has 0 aliphatic carbocycles. The molecule has 1 aromatic heterocycles. The van der Waals surface area contributed by atoms with Gasteiger partial charge in [0.1, 0.15) is 24.0 Å². The number of amides is 1. The van der Waals surface area contributed by atoms with Crippen LogP contribution in [0.5, 0.6) is 11.8 Å². The van der Waals surface area contributed by atoms with E-state index < -0.39 is 11.2 Å². The molecule has 0 spiro atoms. The Bertz CT molecular complexity index is 1960. The molecule has 3 atom stereocenters. The number of rotatable bonds is 6. The quantitative estimate of drug-likeness (QED) is 0.301. The Kier molecular flexibility index (Phi) is 7.45. The standard InChI is InChI=1S/C38H40FN7O3/c1-4-27-29(39)9-8-24-16-26(47)17-31(34(24)27)43-15-10-28-30(20-43)41-36(49-23-38-11-6-13-45(38)14-7-12-38)42-35(28)44-19-25-18-37(3,22-40)32(21-44)46(25)33(48)5-2/h1,5,8-9,16-17,25,32,47H,2,6-7,10-15,18-21,23H2,3H3/t25-,32-,37?/m0/s1. The number of hydrogen-bond acceptors (Lipinski definition) is 9. The maximum atomic E-state index is 15.0. The molecule has 8 rings (SSSR count). The summed E-state index contributed by atoms with van der Waals surface area (Å²) >= 11 is 0. The maximum absolute atomic E-state index is 15.0. The van der Waals surface area contributed by atoms with Crippen LogP contribution in [0.15, 0.2) is 36.9 Å². The normalized spacial score (nSPS) is 25.5. The van der Waals surface area contributed by atoms with Gasteiger partial charge in [0.05, 0.1) is 46.9 Å². The van der Waals surface area contributed by atoms with E-state index in [4.69, 9.17) is 21.1 Å². The highest BCUT2D eigenvalue weighted by Gasteiger charge is 2.55. The number of carbonyl (C=O) groups is 1. The topological polar surface area (TPSA) is 109 Å². The number of aromatic nitrogens is 2. The maximum Gasteiger partial charge on any atom is 0.318 e. The van der Waals surface area contributed by atoms with Gasteiger partial charge in [0.25, 0.3) is 0 Å². The van der Waals surface area contributed by atoms with Crippen LogP contribution in [0.2, 0.25) is 0 Å². The van der Waals surface area contributed by atoms with Crippen LogP contribution in [0.4, 0.5) is 15.9 Å². The lowest BCUT2D eigenvalue weighted by molar-refractivity contribution is -0.129. The Morgan fingerprint density at radius 2 is 2.00 bits per heavy atom. The first-order valence-corrected chi connectivity index (χ1v) is 17.2. The van der Waals surface area contributed by atoms with Gasteiger partial charge in [-0.1, -0.05) is 18.6 Å². The zero-order valence-electron chi connectivity index (χ0n) is 27.8. The number of phenolic OH excluding ortho intramolecular Hbond substituents is 1. The number of fused-ring (bicyclic) bond motifs is 5. The number of nitriles is 1. The minimum Gasteiger partial charge on any atom is -0.508 e. The highest BCUT2D eigenvalue weighted by molar-refractivity contribution is 6.00. The van der Waals surface area contributed by atoms with Gasteiger partial charge in [-0.05, 0) is 82.1 Å². The average Bonchev–Trinajstić information content (AvgIpc) is 3.74. The van der Waals surface area contributed by atoms with Crippen LogP contribution >= 0.6 is 0 Å². The molecule has 3 aromatic rings. The van der Waals surface area contributed by atoms with Crippen LogP contribution in [-0.4, -0.2) is 87.7 Å². The molecular formula is C38H40FN7O3. The molecule has 4 saturated heterocycles. The third kappa shape index (κ3) is 4.97. The summed E-state index contributed by atoms with van der Waals surface area (Å²) in [5.41, 5.74) is 1.88. The molecule has 1 unspecified atom stereocenters. The van der Waals surface area contributed by atoms with Crippen molar-refractivity contribution >= 4 is 28.2 Å². The summed E-state index contributed by atoms with van der Waals surface area (Å²) in [5, 5.41) is 22.1. The number of carbonyl (C=O) groups excluding carboxylic acids is 1. The number of aromatic hydroxyl groups is 1.